The second-order valence-electron chi connectivity index (χ2n) is 3.81. The second-order valence-corrected chi connectivity index (χ2v) is 3.81. The Hall–Kier alpha value is -0.860. The average Bonchev–Trinajstić information content (AvgIpc) is 2.13. The topological polar surface area (TPSA) is 29.5 Å². The number of aliphatic hydroxyl groups excluding tert-OH is 1. The Bertz CT molecular complexity index is 233. The number of ether oxygens (including phenoxy) is 1. The highest BCUT2D eigenvalue weighted by Gasteiger charge is 2.40. The van der Waals surface area contributed by atoms with Crippen LogP contribution in [0.1, 0.15) is 19.3 Å². The molecule has 1 saturated heterocycles. The molecule has 78 valence electrons. The van der Waals surface area contributed by atoms with Gasteiger partial charge in [-0.15, -0.1) is 13.2 Å². The lowest BCUT2D eigenvalue weighted by Gasteiger charge is -2.41. The van der Waals surface area contributed by atoms with Crippen molar-refractivity contribution in [3.8, 4) is 0 Å². The monoisotopic (exact) mass is 194 g/mol. The minimum Gasteiger partial charge on any atom is -0.390 e. The van der Waals surface area contributed by atoms with Crippen LogP contribution in [-0.2, 0) is 4.74 Å². The molecule has 0 aromatic heterocycles. The summed E-state index contributed by atoms with van der Waals surface area (Å²) in [6.07, 6.45) is 4.96. The number of hydrogen-bond acceptors (Lipinski definition) is 2. The molecule has 0 aromatic carbocycles. The summed E-state index contributed by atoms with van der Waals surface area (Å²) in [7, 11) is 0. The summed E-state index contributed by atoms with van der Waals surface area (Å²) < 4.78 is 5.68. The molecule has 1 N–H and O–H groups in total. The smallest absolute Gasteiger partial charge is 0.102 e. The Labute approximate surface area is 85.6 Å². The molecule has 0 bridgehead atoms. The zero-order valence-electron chi connectivity index (χ0n) is 8.54. The molecule has 0 spiro atoms. The average molecular weight is 194 g/mol. The zero-order valence-corrected chi connectivity index (χ0v) is 8.54. The Morgan fingerprint density at radius 2 is 2.00 bits per heavy atom. The largest absolute Gasteiger partial charge is 0.390 e. The first kappa shape index (κ1) is 11.2. The van der Waals surface area contributed by atoms with E-state index in [-0.39, 0.29) is 0 Å². The summed E-state index contributed by atoms with van der Waals surface area (Å²) in [6.45, 7) is 11.7. The van der Waals surface area contributed by atoms with E-state index in [1.165, 1.54) is 0 Å². The molecule has 0 unspecified atom stereocenters. The molecule has 0 amide bonds. The Kier molecular flexibility index (Phi) is 3.67. The van der Waals surface area contributed by atoms with Gasteiger partial charge < -0.3 is 9.84 Å². The van der Waals surface area contributed by atoms with Crippen LogP contribution in [0.2, 0.25) is 0 Å². The van der Waals surface area contributed by atoms with E-state index in [0.29, 0.717) is 25.9 Å². The molecule has 0 saturated carbocycles. The van der Waals surface area contributed by atoms with E-state index >= 15 is 0 Å². The van der Waals surface area contributed by atoms with Crippen LogP contribution in [0.4, 0.5) is 0 Å². The minimum atomic E-state index is -0.523. The Morgan fingerprint density at radius 3 is 2.43 bits per heavy atom. The maximum Gasteiger partial charge on any atom is 0.102 e. The van der Waals surface area contributed by atoms with Gasteiger partial charge in [-0.05, 0) is 24.8 Å². The standard InChI is InChI=1S/C12H18O2/c1-4-6-12(7-5-2)11(13)8-10(3)9-14-12/h4-5,11,13H,1-3,6-9H2/t11-/m1/s1. The van der Waals surface area contributed by atoms with Crippen molar-refractivity contribution < 1.29 is 9.84 Å². The summed E-state index contributed by atoms with van der Waals surface area (Å²) in [6, 6.07) is 0. The molecule has 2 heteroatoms. The molecule has 1 rings (SSSR count). The molecule has 0 aliphatic carbocycles. The molecule has 1 heterocycles. The predicted molar refractivity (Wildman–Crippen MR) is 58.1 cm³/mol. The molecule has 1 fully saturated rings. The van der Waals surface area contributed by atoms with E-state index in [9.17, 15) is 5.11 Å². The maximum absolute atomic E-state index is 9.97. The van der Waals surface area contributed by atoms with Gasteiger partial charge in [-0.2, -0.15) is 0 Å². The van der Waals surface area contributed by atoms with Crippen molar-refractivity contribution in [2.75, 3.05) is 6.61 Å². The van der Waals surface area contributed by atoms with E-state index in [1.807, 2.05) is 0 Å². The van der Waals surface area contributed by atoms with Crippen LogP contribution in [0.5, 0.6) is 0 Å². The maximum atomic E-state index is 9.97. The molecule has 1 aliphatic heterocycles. The highest BCUT2D eigenvalue weighted by molar-refractivity contribution is 5.10. The third-order valence-electron chi connectivity index (χ3n) is 2.63. The van der Waals surface area contributed by atoms with Crippen molar-refractivity contribution in [1.82, 2.24) is 0 Å². The van der Waals surface area contributed by atoms with Crippen LogP contribution in [0, 0.1) is 0 Å². The van der Waals surface area contributed by atoms with Gasteiger partial charge in [-0.1, -0.05) is 18.7 Å². The molecule has 0 aromatic rings. The molecular formula is C12H18O2. The van der Waals surface area contributed by atoms with Crippen LogP contribution in [0.3, 0.4) is 0 Å². The molecule has 1 aliphatic rings. The van der Waals surface area contributed by atoms with Crippen molar-refractivity contribution >= 4 is 0 Å². The Morgan fingerprint density at radius 1 is 1.43 bits per heavy atom. The fourth-order valence-corrected chi connectivity index (χ4v) is 1.82. The van der Waals surface area contributed by atoms with Crippen LogP contribution in [0.25, 0.3) is 0 Å². The number of aliphatic hydroxyl groups is 1. The van der Waals surface area contributed by atoms with E-state index < -0.39 is 11.7 Å². The van der Waals surface area contributed by atoms with Gasteiger partial charge in [0.1, 0.15) is 5.60 Å². The van der Waals surface area contributed by atoms with Crippen molar-refractivity contribution in [2.45, 2.75) is 31.0 Å². The van der Waals surface area contributed by atoms with Crippen LogP contribution < -0.4 is 0 Å². The summed E-state index contributed by atoms with van der Waals surface area (Å²) in [5, 5.41) is 9.97. The van der Waals surface area contributed by atoms with E-state index in [2.05, 4.69) is 19.7 Å². The molecule has 0 radical (unpaired) electrons. The Balaban J connectivity index is 2.79. The summed E-state index contributed by atoms with van der Waals surface area (Å²) in [5.41, 5.74) is 0.422. The molecule has 14 heavy (non-hydrogen) atoms. The number of hydrogen-bond donors (Lipinski definition) is 1. The second kappa shape index (κ2) is 4.58. The third kappa shape index (κ3) is 2.14. The van der Waals surface area contributed by atoms with Gasteiger partial charge in [-0.25, -0.2) is 0 Å². The molecule has 1 atom stereocenters. The lowest BCUT2D eigenvalue weighted by Crippen LogP contribution is -2.48. The van der Waals surface area contributed by atoms with Gasteiger partial charge in [0, 0.05) is 0 Å². The fourth-order valence-electron chi connectivity index (χ4n) is 1.82. The summed E-state index contributed by atoms with van der Waals surface area (Å²) in [4.78, 5) is 0. The first-order valence-electron chi connectivity index (χ1n) is 4.85. The first-order chi connectivity index (χ1) is 6.64. The van der Waals surface area contributed by atoms with Crippen molar-refractivity contribution in [1.29, 1.82) is 0 Å². The SMILES string of the molecule is C=CCC1(CC=C)OCC(=C)C[C@H]1O. The predicted octanol–water partition coefficient (Wildman–Crippen LogP) is 2.21. The lowest BCUT2D eigenvalue weighted by molar-refractivity contribution is -0.132. The van der Waals surface area contributed by atoms with Gasteiger partial charge >= 0.3 is 0 Å². The third-order valence-corrected chi connectivity index (χ3v) is 2.63. The minimum absolute atomic E-state index is 0.500. The van der Waals surface area contributed by atoms with E-state index in [1.54, 1.807) is 12.2 Å². The fraction of sp³-hybridized carbons (Fsp3) is 0.500. The van der Waals surface area contributed by atoms with Crippen molar-refractivity contribution in [2.24, 2.45) is 0 Å². The highest BCUT2D eigenvalue weighted by atomic mass is 16.5. The summed E-state index contributed by atoms with van der Waals surface area (Å²) >= 11 is 0. The quantitative estimate of drug-likeness (QED) is 0.695. The van der Waals surface area contributed by atoms with E-state index in [4.69, 9.17) is 4.74 Å². The zero-order chi connectivity index (χ0) is 10.6. The van der Waals surface area contributed by atoms with Gasteiger partial charge in [0.15, 0.2) is 0 Å². The lowest BCUT2D eigenvalue weighted by atomic mass is 9.83. The molecular weight excluding hydrogens is 176 g/mol. The normalized spacial score (nSPS) is 25.8. The molecule has 2 nitrogen and oxygen atoms in total. The first-order valence-corrected chi connectivity index (χ1v) is 4.85. The summed E-state index contributed by atoms with van der Waals surface area (Å²) in [5.74, 6) is 0. The van der Waals surface area contributed by atoms with Crippen molar-refractivity contribution in [3.05, 3.63) is 37.5 Å². The van der Waals surface area contributed by atoms with Gasteiger partial charge in [-0.3, -0.25) is 0 Å². The van der Waals surface area contributed by atoms with Crippen LogP contribution in [0.15, 0.2) is 37.5 Å². The van der Waals surface area contributed by atoms with Gasteiger partial charge in [0.05, 0.1) is 12.7 Å². The van der Waals surface area contributed by atoms with E-state index in [0.717, 1.165) is 5.57 Å². The number of rotatable bonds is 4. The van der Waals surface area contributed by atoms with Crippen LogP contribution in [-0.4, -0.2) is 23.4 Å². The van der Waals surface area contributed by atoms with Gasteiger partial charge in [0.25, 0.3) is 0 Å². The van der Waals surface area contributed by atoms with Gasteiger partial charge in [0.2, 0.25) is 0 Å². The van der Waals surface area contributed by atoms with Crippen molar-refractivity contribution in [3.63, 3.8) is 0 Å². The highest BCUT2D eigenvalue weighted by Crippen LogP contribution is 2.34. The van der Waals surface area contributed by atoms with Crippen LogP contribution >= 0.6 is 0 Å².